The molecule has 2 atom stereocenters. The van der Waals surface area contributed by atoms with Crippen molar-refractivity contribution in [3.63, 3.8) is 0 Å². The van der Waals surface area contributed by atoms with Gasteiger partial charge in [0, 0.05) is 12.0 Å². The number of carbonyl (C=O) groups is 1. The first kappa shape index (κ1) is 12.4. The second-order valence-electron chi connectivity index (χ2n) is 5.69. The number of rotatable bonds is 2. The molecule has 4 rings (SSSR count). The number of hydrogen-bond donors (Lipinski definition) is 0. The van der Waals surface area contributed by atoms with Gasteiger partial charge in [-0.2, -0.15) is 0 Å². The molecule has 2 aromatic rings. The zero-order chi connectivity index (χ0) is 14.4. The molecule has 0 N–H and O–H groups in total. The van der Waals surface area contributed by atoms with Gasteiger partial charge >= 0.3 is 5.97 Å². The lowest BCUT2D eigenvalue weighted by atomic mass is 9.75. The van der Waals surface area contributed by atoms with Crippen LogP contribution in [0.5, 0.6) is 0 Å². The average molecular weight is 276 g/mol. The minimum atomic E-state index is -0.342. The van der Waals surface area contributed by atoms with E-state index in [1.165, 1.54) is 28.0 Å². The van der Waals surface area contributed by atoms with E-state index in [1.807, 2.05) is 0 Å². The van der Waals surface area contributed by atoms with Gasteiger partial charge in [-0.25, -0.2) is 4.79 Å². The number of hydrogen-bond acceptors (Lipinski definition) is 2. The Morgan fingerprint density at radius 3 is 3.00 bits per heavy atom. The molecular weight excluding hydrogens is 260 g/mol. The molecule has 2 aromatic carbocycles. The number of benzene rings is 2. The van der Waals surface area contributed by atoms with Gasteiger partial charge in [-0.3, -0.25) is 0 Å². The molecular formula is C19H16O2. The Morgan fingerprint density at radius 2 is 2.14 bits per heavy atom. The van der Waals surface area contributed by atoms with E-state index in [-0.39, 0.29) is 12.1 Å². The molecule has 0 saturated carbocycles. The molecule has 0 aliphatic heterocycles. The molecule has 21 heavy (non-hydrogen) atoms. The van der Waals surface area contributed by atoms with E-state index >= 15 is 0 Å². The molecule has 2 aliphatic rings. The highest BCUT2D eigenvalue weighted by Crippen LogP contribution is 2.46. The monoisotopic (exact) mass is 276 g/mol. The van der Waals surface area contributed by atoms with Crippen LogP contribution in [0.3, 0.4) is 0 Å². The van der Waals surface area contributed by atoms with E-state index in [2.05, 4.69) is 49.1 Å². The lowest BCUT2D eigenvalue weighted by Crippen LogP contribution is -2.19. The molecule has 0 amide bonds. The molecule has 2 unspecified atom stereocenters. The summed E-state index contributed by atoms with van der Waals surface area (Å²) in [5.41, 5.74) is 3.76. The van der Waals surface area contributed by atoms with Gasteiger partial charge in [-0.05, 0) is 40.3 Å². The van der Waals surface area contributed by atoms with Crippen LogP contribution in [0, 0.1) is 0 Å². The summed E-state index contributed by atoms with van der Waals surface area (Å²) in [7, 11) is 0. The standard InChI is InChI=1S/C19H16O2/c1-2-17(20)21-16-11-9-14-7-6-12-4-3-5-13-8-10-15(16)19(14)18(12)13/h2-8,10,14,16H,1,9,11H2. The zero-order valence-corrected chi connectivity index (χ0v) is 11.7. The van der Waals surface area contributed by atoms with Crippen molar-refractivity contribution < 1.29 is 9.53 Å². The quantitative estimate of drug-likeness (QED) is 0.595. The number of carbonyl (C=O) groups excluding carboxylic acids is 1. The molecule has 0 spiro atoms. The van der Waals surface area contributed by atoms with Crippen molar-refractivity contribution in [3.8, 4) is 0 Å². The highest BCUT2D eigenvalue weighted by molar-refractivity contribution is 5.96. The Bertz CT molecular complexity index is 785. The van der Waals surface area contributed by atoms with Gasteiger partial charge in [0.15, 0.2) is 0 Å². The summed E-state index contributed by atoms with van der Waals surface area (Å²) in [6, 6.07) is 10.6. The van der Waals surface area contributed by atoms with Crippen molar-refractivity contribution in [2.24, 2.45) is 0 Å². The van der Waals surface area contributed by atoms with Gasteiger partial charge in [0.2, 0.25) is 0 Å². The maximum Gasteiger partial charge on any atom is 0.330 e. The Morgan fingerprint density at radius 1 is 1.24 bits per heavy atom. The van der Waals surface area contributed by atoms with Crippen molar-refractivity contribution in [1.29, 1.82) is 0 Å². The zero-order valence-electron chi connectivity index (χ0n) is 11.7. The van der Waals surface area contributed by atoms with Gasteiger partial charge in [-0.15, -0.1) is 0 Å². The predicted octanol–water partition coefficient (Wildman–Crippen LogP) is 4.51. The summed E-state index contributed by atoms with van der Waals surface area (Å²) in [6.45, 7) is 3.49. The molecule has 104 valence electrons. The van der Waals surface area contributed by atoms with Crippen LogP contribution in [0.1, 0.15) is 41.6 Å². The van der Waals surface area contributed by atoms with Crippen molar-refractivity contribution in [3.05, 3.63) is 65.8 Å². The Balaban J connectivity index is 1.92. The predicted molar refractivity (Wildman–Crippen MR) is 84.0 cm³/mol. The van der Waals surface area contributed by atoms with Crippen molar-refractivity contribution >= 4 is 22.8 Å². The number of ether oxygens (including phenoxy) is 1. The Hall–Kier alpha value is -2.35. The Kier molecular flexibility index (Phi) is 2.71. The number of esters is 1. The lowest BCUT2D eigenvalue weighted by molar-refractivity contribution is -0.144. The minimum absolute atomic E-state index is 0.147. The molecule has 0 heterocycles. The van der Waals surface area contributed by atoms with E-state index in [0.29, 0.717) is 5.92 Å². The van der Waals surface area contributed by atoms with Gasteiger partial charge < -0.3 is 4.74 Å². The Labute approximate surface area is 123 Å². The lowest BCUT2D eigenvalue weighted by Gasteiger charge is -2.33. The first-order valence-corrected chi connectivity index (χ1v) is 7.34. The van der Waals surface area contributed by atoms with Crippen LogP contribution in [-0.4, -0.2) is 5.97 Å². The third-order valence-electron chi connectivity index (χ3n) is 4.54. The highest BCUT2D eigenvalue weighted by Gasteiger charge is 2.31. The van der Waals surface area contributed by atoms with Crippen LogP contribution in [0.15, 0.2) is 49.1 Å². The van der Waals surface area contributed by atoms with Crippen LogP contribution >= 0.6 is 0 Å². The first-order chi connectivity index (χ1) is 10.3. The SMILES string of the molecule is C=CC(=O)OC1CCC2C=Cc3cccc4ccc1c2c34. The fourth-order valence-corrected chi connectivity index (χ4v) is 3.63. The second-order valence-corrected chi connectivity index (χ2v) is 5.69. The number of allylic oxidation sites excluding steroid dienone is 1. The summed E-state index contributed by atoms with van der Waals surface area (Å²) >= 11 is 0. The van der Waals surface area contributed by atoms with E-state index in [4.69, 9.17) is 4.74 Å². The van der Waals surface area contributed by atoms with Crippen LogP contribution in [0.2, 0.25) is 0 Å². The fraction of sp³-hybridized carbons (Fsp3) is 0.211. The molecule has 0 fully saturated rings. The van der Waals surface area contributed by atoms with E-state index in [1.54, 1.807) is 0 Å². The second kappa shape index (κ2) is 4.59. The summed E-state index contributed by atoms with van der Waals surface area (Å²) in [5, 5.41) is 2.58. The molecule has 0 bridgehead atoms. The maximum absolute atomic E-state index is 11.6. The van der Waals surface area contributed by atoms with E-state index in [9.17, 15) is 4.79 Å². The average Bonchev–Trinajstić information content (AvgIpc) is 2.53. The third-order valence-corrected chi connectivity index (χ3v) is 4.54. The van der Waals surface area contributed by atoms with Gasteiger partial charge in [0.25, 0.3) is 0 Å². The maximum atomic E-state index is 11.6. The molecule has 0 radical (unpaired) electrons. The summed E-state index contributed by atoms with van der Waals surface area (Å²) in [5.74, 6) is 0.0997. The first-order valence-electron chi connectivity index (χ1n) is 7.34. The minimum Gasteiger partial charge on any atom is -0.454 e. The van der Waals surface area contributed by atoms with Gasteiger partial charge in [0.05, 0.1) is 0 Å². The van der Waals surface area contributed by atoms with Crippen LogP contribution in [0.4, 0.5) is 0 Å². The van der Waals surface area contributed by atoms with Gasteiger partial charge in [-0.1, -0.05) is 49.1 Å². The molecule has 2 heteroatoms. The van der Waals surface area contributed by atoms with E-state index < -0.39 is 0 Å². The third kappa shape index (κ3) is 1.83. The topological polar surface area (TPSA) is 26.3 Å². The molecule has 0 saturated heterocycles. The van der Waals surface area contributed by atoms with Crippen molar-refractivity contribution in [2.45, 2.75) is 24.9 Å². The van der Waals surface area contributed by atoms with Crippen molar-refractivity contribution in [2.75, 3.05) is 0 Å². The normalized spacial score (nSPS) is 22.1. The van der Waals surface area contributed by atoms with Gasteiger partial charge in [0.1, 0.15) is 6.10 Å². The van der Waals surface area contributed by atoms with E-state index in [0.717, 1.165) is 18.4 Å². The fourth-order valence-electron chi connectivity index (χ4n) is 3.63. The smallest absolute Gasteiger partial charge is 0.330 e. The molecule has 2 aliphatic carbocycles. The highest BCUT2D eigenvalue weighted by atomic mass is 16.5. The summed E-state index contributed by atoms with van der Waals surface area (Å²) in [4.78, 5) is 11.6. The van der Waals surface area contributed by atoms with Crippen LogP contribution < -0.4 is 0 Å². The largest absolute Gasteiger partial charge is 0.454 e. The molecule has 2 nitrogen and oxygen atoms in total. The van der Waals surface area contributed by atoms with Crippen LogP contribution in [-0.2, 0) is 9.53 Å². The summed E-state index contributed by atoms with van der Waals surface area (Å²) < 4.78 is 5.55. The van der Waals surface area contributed by atoms with Crippen molar-refractivity contribution in [1.82, 2.24) is 0 Å². The molecule has 0 aromatic heterocycles. The van der Waals surface area contributed by atoms with Crippen LogP contribution in [0.25, 0.3) is 16.8 Å². The summed E-state index contributed by atoms with van der Waals surface area (Å²) in [6.07, 6.45) is 7.49.